The van der Waals surface area contributed by atoms with Crippen molar-refractivity contribution in [2.75, 3.05) is 13.2 Å². The highest BCUT2D eigenvalue weighted by Crippen LogP contribution is 2.23. The summed E-state index contributed by atoms with van der Waals surface area (Å²) in [5.74, 6) is -0.159. The molecule has 6 N–H and O–H groups in total. The Morgan fingerprint density at radius 2 is 0.862 bits per heavy atom. The van der Waals surface area contributed by atoms with Crippen molar-refractivity contribution in [2.45, 2.75) is 294 Å². The summed E-state index contributed by atoms with van der Waals surface area (Å²) in [5.41, 5.74) is 0. The number of hydrogen-bond donors (Lipinski definition) is 6. The molecule has 0 saturated carbocycles. The van der Waals surface area contributed by atoms with E-state index in [1.807, 2.05) is 0 Å². The molecular formula is C49H97NO8. The molecule has 1 amide bonds. The van der Waals surface area contributed by atoms with Crippen LogP contribution < -0.4 is 5.32 Å². The quantitative estimate of drug-likeness (QED) is 0.0333. The molecule has 7 atom stereocenters. The van der Waals surface area contributed by atoms with Gasteiger partial charge in [0.2, 0.25) is 5.91 Å². The van der Waals surface area contributed by atoms with Gasteiger partial charge in [0.05, 0.1) is 25.4 Å². The van der Waals surface area contributed by atoms with Crippen LogP contribution >= 0.6 is 0 Å². The first-order chi connectivity index (χ1) is 28.3. The topological polar surface area (TPSA) is 149 Å². The average Bonchev–Trinajstić information content (AvgIpc) is 3.22. The van der Waals surface area contributed by atoms with Crippen LogP contribution in [0.15, 0.2) is 0 Å². The lowest BCUT2D eigenvalue weighted by Crippen LogP contribution is -2.60. The maximum atomic E-state index is 12.7. The van der Waals surface area contributed by atoms with Gasteiger partial charge in [-0.1, -0.05) is 232 Å². The van der Waals surface area contributed by atoms with E-state index in [0.29, 0.717) is 12.8 Å². The lowest BCUT2D eigenvalue weighted by molar-refractivity contribution is -0.302. The summed E-state index contributed by atoms with van der Waals surface area (Å²) in [5, 5.41) is 54.0. The number of carbonyl (C=O) groups excluding carboxylic acids is 1. The molecule has 0 aliphatic carbocycles. The minimum absolute atomic E-state index is 0.135. The van der Waals surface area contributed by atoms with Crippen LogP contribution in [0.5, 0.6) is 0 Å². The highest BCUT2D eigenvalue weighted by atomic mass is 16.7. The minimum atomic E-state index is -1.55. The monoisotopic (exact) mass is 828 g/mol. The lowest BCUT2D eigenvalue weighted by atomic mass is 9.99. The van der Waals surface area contributed by atoms with Gasteiger partial charge in [-0.3, -0.25) is 4.79 Å². The van der Waals surface area contributed by atoms with E-state index in [1.54, 1.807) is 0 Å². The molecule has 1 fully saturated rings. The van der Waals surface area contributed by atoms with Crippen molar-refractivity contribution < 1.29 is 39.8 Å². The van der Waals surface area contributed by atoms with Gasteiger partial charge in [0.15, 0.2) is 6.29 Å². The second-order valence-electron chi connectivity index (χ2n) is 18.0. The molecule has 0 radical (unpaired) electrons. The third-order valence-electron chi connectivity index (χ3n) is 12.5. The number of amides is 1. The number of aliphatic hydroxyl groups is 5. The van der Waals surface area contributed by atoms with Crippen molar-refractivity contribution in [3.05, 3.63) is 0 Å². The molecule has 1 aliphatic rings. The van der Waals surface area contributed by atoms with Gasteiger partial charge in [0.1, 0.15) is 24.4 Å². The van der Waals surface area contributed by atoms with E-state index in [2.05, 4.69) is 19.2 Å². The molecule has 58 heavy (non-hydrogen) atoms. The van der Waals surface area contributed by atoms with Crippen LogP contribution in [-0.2, 0) is 14.3 Å². The second kappa shape index (κ2) is 40.3. The Morgan fingerprint density at radius 3 is 1.22 bits per heavy atom. The van der Waals surface area contributed by atoms with Crippen LogP contribution in [0, 0.1) is 0 Å². The molecule has 9 heteroatoms. The smallest absolute Gasteiger partial charge is 0.220 e. The number of nitrogens with one attached hydrogen (secondary N) is 1. The van der Waals surface area contributed by atoms with Gasteiger partial charge in [0.25, 0.3) is 0 Å². The van der Waals surface area contributed by atoms with Gasteiger partial charge < -0.3 is 40.3 Å². The van der Waals surface area contributed by atoms with Crippen molar-refractivity contribution in [3.63, 3.8) is 0 Å². The summed E-state index contributed by atoms with van der Waals surface area (Å²) in [7, 11) is 0. The van der Waals surface area contributed by atoms with E-state index in [0.717, 1.165) is 44.9 Å². The summed E-state index contributed by atoms with van der Waals surface area (Å²) in [6.45, 7) is 3.73. The Bertz CT molecular complexity index is 878. The molecule has 1 aliphatic heterocycles. The van der Waals surface area contributed by atoms with Gasteiger partial charge >= 0.3 is 0 Å². The summed E-state index contributed by atoms with van der Waals surface area (Å²) in [6.07, 6.45) is 39.3. The van der Waals surface area contributed by atoms with Crippen molar-refractivity contribution in [1.82, 2.24) is 5.32 Å². The van der Waals surface area contributed by atoms with Crippen LogP contribution in [0.1, 0.15) is 251 Å². The molecule has 9 nitrogen and oxygen atoms in total. The fourth-order valence-corrected chi connectivity index (χ4v) is 8.40. The fraction of sp³-hybridized carbons (Fsp3) is 0.980. The number of rotatable bonds is 43. The molecule has 7 unspecified atom stereocenters. The molecule has 1 heterocycles. The number of unbranched alkanes of at least 4 members (excludes halogenated alkanes) is 33. The maximum Gasteiger partial charge on any atom is 0.220 e. The molecule has 0 bridgehead atoms. The van der Waals surface area contributed by atoms with Gasteiger partial charge in [-0.2, -0.15) is 0 Å². The zero-order valence-corrected chi connectivity index (χ0v) is 38.1. The molecular weight excluding hydrogens is 731 g/mol. The van der Waals surface area contributed by atoms with E-state index in [4.69, 9.17) is 9.47 Å². The first-order valence-corrected chi connectivity index (χ1v) is 25.2. The van der Waals surface area contributed by atoms with E-state index in [-0.39, 0.29) is 12.5 Å². The third-order valence-corrected chi connectivity index (χ3v) is 12.5. The zero-order chi connectivity index (χ0) is 42.3. The Balaban J connectivity index is 2.00. The Kier molecular flexibility index (Phi) is 38.3. The van der Waals surface area contributed by atoms with Gasteiger partial charge in [0, 0.05) is 6.42 Å². The van der Waals surface area contributed by atoms with Crippen molar-refractivity contribution in [3.8, 4) is 0 Å². The standard InChI is InChI=1S/C49H97NO8/c1-3-5-7-9-10-11-12-13-14-15-16-17-18-19-20-21-22-23-24-25-26-27-28-29-30-31-32-33-34-35-36-38-43(52)42(50-45(53)39-37-8-6-4-2)41-57-49-48(56)47(55)46(54)44(40-51)58-49/h42-44,46-49,51-52,54-56H,3-41H2,1-2H3,(H,50,53). The number of aliphatic hydroxyl groups excluding tert-OH is 5. The Morgan fingerprint density at radius 1 is 0.517 bits per heavy atom. The fourth-order valence-electron chi connectivity index (χ4n) is 8.40. The van der Waals surface area contributed by atoms with Crippen molar-refractivity contribution >= 4 is 5.91 Å². The molecule has 0 aromatic heterocycles. The highest BCUT2D eigenvalue weighted by Gasteiger charge is 2.44. The molecule has 0 aromatic carbocycles. The average molecular weight is 828 g/mol. The predicted molar refractivity (Wildman–Crippen MR) is 240 cm³/mol. The summed E-state index contributed by atoms with van der Waals surface area (Å²) in [4.78, 5) is 12.7. The van der Waals surface area contributed by atoms with Crippen LogP contribution in [0.25, 0.3) is 0 Å². The van der Waals surface area contributed by atoms with Crippen LogP contribution in [-0.4, -0.2) is 87.5 Å². The first kappa shape index (κ1) is 55.2. The molecule has 346 valence electrons. The van der Waals surface area contributed by atoms with Gasteiger partial charge in [-0.15, -0.1) is 0 Å². The summed E-state index contributed by atoms with van der Waals surface area (Å²) >= 11 is 0. The zero-order valence-electron chi connectivity index (χ0n) is 38.1. The largest absolute Gasteiger partial charge is 0.394 e. The van der Waals surface area contributed by atoms with Crippen molar-refractivity contribution in [2.24, 2.45) is 0 Å². The van der Waals surface area contributed by atoms with Crippen LogP contribution in [0.3, 0.4) is 0 Å². The van der Waals surface area contributed by atoms with Crippen LogP contribution in [0.4, 0.5) is 0 Å². The van der Waals surface area contributed by atoms with Gasteiger partial charge in [-0.25, -0.2) is 0 Å². The minimum Gasteiger partial charge on any atom is -0.394 e. The third kappa shape index (κ3) is 30.3. The van der Waals surface area contributed by atoms with Gasteiger partial charge in [-0.05, 0) is 12.8 Å². The predicted octanol–water partition coefficient (Wildman–Crippen LogP) is 11.1. The van der Waals surface area contributed by atoms with Crippen LogP contribution in [0.2, 0.25) is 0 Å². The Labute approximate surface area is 357 Å². The number of hydrogen-bond acceptors (Lipinski definition) is 8. The molecule has 1 saturated heterocycles. The lowest BCUT2D eigenvalue weighted by Gasteiger charge is -2.40. The van der Waals surface area contributed by atoms with E-state index in [9.17, 15) is 30.3 Å². The van der Waals surface area contributed by atoms with Crippen molar-refractivity contribution in [1.29, 1.82) is 0 Å². The number of ether oxygens (including phenoxy) is 2. The highest BCUT2D eigenvalue weighted by molar-refractivity contribution is 5.76. The van der Waals surface area contributed by atoms with E-state index < -0.39 is 49.5 Å². The normalized spacial score (nSPS) is 20.7. The summed E-state index contributed by atoms with van der Waals surface area (Å²) in [6, 6.07) is -0.709. The van der Waals surface area contributed by atoms with E-state index >= 15 is 0 Å². The maximum absolute atomic E-state index is 12.7. The first-order valence-electron chi connectivity index (χ1n) is 25.2. The summed E-state index contributed by atoms with van der Waals surface area (Å²) < 4.78 is 11.2. The molecule has 1 rings (SSSR count). The molecule has 0 spiro atoms. The SMILES string of the molecule is CCCCCCCCCCCCCCCCCCCCCCCCCCCCCCCCCC(O)C(COC1OC(CO)C(O)C(O)C1O)NC(=O)CCCCCC. The van der Waals surface area contributed by atoms with E-state index in [1.165, 1.54) is 180 Å². The number of carbonyl (C=O) groups is 1. The second-order valence-corrected chi connectivity index (χ2v) is 18.0. The molecule has 0 aromatic rings. The Hall–Kier alpha value is -0.810.